The summed E-state index contributed by atoms with van der Waals surface area (Å²) in [4.78, 5) is 4.03. The van der Waals surface area contributed by atoms with Gasteiger partial charge >= 0.3 is 0 Å². The minimum atomic E-state index is -0.353. The Hall–Kier alpha value is -1.61. The number of nitrogens with one attached hydrogen (secondary N) is 1. The Morgan fingerprint density at radius 2 is 2.12 bits per heavy atom. The smallest absolute Gasteiger partial charge is 0.147 e. The minimum absolute atomic E-state index is 0.0573. The van der Waals surface area contributed by atoms with Crippen molar-refractivity contribution in [3.05, 3.63) is 59.1 Å². The third-order valence-corrected chi connectivity index (χ3v) is 2.82. The number of aromatic nitrogens is 1. The molecule has 17 heavy (non-hydrogen) atoms. The number of rotatable bonds is 3. The first-order chi connectivity index (χ1) is 8.18. The molecule has 0 saturated carbocycles. The molecule has 1 N–H and O–H groups in total. The maximum absolute atomic E-state index is 13.6. The van der Waals surface area contributed by atoms with Crippen molar-refractivity contribution in [2.45, 2.75) is 13.0 Å². The Kier molecular flexibility index (Phi) is 3.59. The quantitative estimate of drug-likeness (QED) is 0.889. The predicted octanol–water partition coefficient (Wildman–Crippen LogP) is 4.05. The van der Waals surface area contributed by atoms with Gasteiger partial charge in [-0.05, 0) is 30.7 Å². The molecule has 0 saturated heterocycles. The molecule has 0 aliphatic rings. The van der Waals surface area contributed by atoms with Crippen molar-refractivity contribution in [2.75, 3.05) is 5.32 Å². The monoisotopic (exact) mass is 250 g/mol. The van der Waals surface area contributed by atoms with E-state index in [0.717, 1.165) is 5.56 Å². The lowest BCUT2D eigenvalue weighted by Gasteiger charge is -2.16. The summed E-state index contributed by atoms with van der Waals surface area (Å²) in [5, 5.41) is 3.42. The van der Waals surface area contributed by atoms with Gasteiger partial charge in [-0.25, -0.2) is 4.39 Å². The molecular formula is C13H12ClFN2. The molecule has 0 bridgehead atoms. The van der Waals surface area contributed by atoms with E-state index in [1.165, 1.54) is 6.07 Å². The highest BCUT2D eigenvalue weighted by Gasteiger charge is 2.11. The Morgan fingerprint density at radius 3 is 2.76 bits per heavy atom. The summed E-state index contributed by atoms with van der Waals surface area (Å²) < 4.78 is 13.6. The number of nitrogens with zero attached hydrogens (tertiary/aromatic N) is 1. The van der Waals surface area contributed by atoms with Crippen LogP contribution in [-0.2, 0) is 0 Å². The second-order valence-corrected chi connectivity index (χ2v) is 4.16. The van der Waals surface area contributed by atoms with E-state index >= 15 is 0 Å². The van der Waals surface area contributed by atoms with Crippen molar-refractivity contribution in [2.24, 2.45) is 0 Å². The number of pyridine rings is 1. The lowest BCUT2D eigenvalue weighted by molar-refractivity contribution is 0.627. The standard InChI is InChI=1S/C13H12ClFN2/c1-9(10-4-3-7-16-8-10)17-13-11(14)5-2-6-12(13)15/h2-9,17H,1H3. The molecule has 0 aliphatic carbocycles. The zero-order valence-corrected chi connectivity index (χ0v) is 10.1. The van der Waals surface area contributed by atoms with Crippen LogP contribution in [0.15, 0.2) is 42.7 Å². The molecule has 0 amide bonds. The molecule has 88 valence electrons. The third-order valence-electron chi connectivity index (χ3n) is 2.51. The first-order valence-corrected chi connectivity index (χ1v) is 5.67. The van der Waals surface area contributed by atoms with Crippen molar-refractivity contribution in [1.29, 1.82) is 0 Å². The molecule has 0 spiro atoms. The van der Waals surface area contributed by atoms with Crippen LogP contribution in [0.5, 0.6) is 0 Å². The van der Waals surface area contributed by atoms with Gasteiger partial charge in [0.1, 0.15) is 5.82 Å². The van der Waals surface area contributed by atoms with E-state index in [9.17, 15) is 4.39 Å². The maximum atomic E-state index is 13.6. The van der Waals surface area contributed by atoms with E-state index in [-0.39, 0.29) is 11.9 Å². The van der Waals surface area contributed by atoms with Gasteiger partial charge in [-0.15, -0.1) is 0 Å². The van der Waals surface area contributed by atoms with Gasteiger partial charge in [-0.3, -0.25) is 4.98 Å². The van der Waals surface area contributed by atoms with Crippen LogP contribution < -0.4 is 5.32 Å². The van der Waals surface area contributed by atoms with Gasteiger partial charge in [0, 0.05) is 12.4 Å². The van der Waals surface area contributed by atoms with Crippen LogP contribution in [0.3, 0.4) is 0 Å². The number of para-hydroxylation sites is 1. The van der Waals surface area contributed by atoms with Crippen molar-refractivity contribution in [3.63, 3.8) is 0 Å². The zero-order chi connectivity index (χ0) is 12.3. The topological polar surface area (TPSA) is 24.9 Å². The lowest BCUT2D eigenvalue weighted by Crippen LogP contribution is -2.08. The van der Waals surface area contributed by atoms with Crippen LogP contribution in [0.1, 0.15) is 18.5 Å². The summed E-state index contributed by atoms with van der Waals surface area (Å²) >= 11 is 5.94. The van der Waals surface area contributed by atoms with Crippen LogP contribution >= 0.6 is 11.6 Å². The van der Waals surface area contributed by atoms with Crippen LogP contribution in [-0.4, -0.2) is 4.98 Å². The van der Waals surface area contributed by atoms with Gasteiger partial charge in [0.2, 0.25) is 0 Å². The van der Waals surface area contributed by atoms with Gasteiger partial charge in [0.25, 0.3) is 0 Å². The van der Waals surface area contributed by atoms with Gasteiger partial charge in [0.15, 0.2) is 0 Å². The Bertz CT molecular complexity index is 482. The third kappa shape index (κ3) is 2.74. The van der Waals surface area contributed by atoms with E-state index in [2.05, 4.69) is 10.3 Å². The van der Waals surface area contributed by atoms with Crippen molar-refractivity contribution in [3.8, 4) is 0 Å². The average Bonchev–Trinajstić information content (AvgIpc) is 2.35. The second-order valence-electron chi connectivity index (χ2n) is 3.75. The minimum Gasteiger partial charge on any atom is -0.375 e. The fourth-order valence-corrected chi connectivity index (χ4v) is 1.79. The molecule has 0 radical (unpaired) electrons. The second kappa shape index (κ2) is 5.15. The van der Waals surface area contributed by atoms with Gasteiger partial charge in [-0.1, -0.05) is 23.7 Å². The molecule has 0 aliphatic heterocycles. The molecule has 2 rings (SSSR count). The summed E-state index contributed by atoms with van der Waals surface area (Å²) in [6, 6.07) is 8.33. The Morgan fingerprint density at radius 1 is 1.29 bits per heavy atom. The Labute approximate surface area is 104 Å². The van der Waals surface area contributed by atoms with Crippen LogP contribution in [0, 0.1) is 5.82 Å². The molecule has 1 heterocycles. The van der Waals surface area contributed by atoms with E-state index in [4.69, 9.17) is 11.6 Å². The molecule has 0 fully saturated rings. The summed E-state index contributed by atoms with van der Waals surface area (Å²) in [6.45, 7) is 1.93. The van der Waals surface area contributed by atoms with Gasteiger partial charge < -0.3 is 5.32 Å². The molecule has 1 unspecified atom stereocenters. The molecule has 1 aromatic carbocycles. The number of anilines is 1. The molecule has 4 heteroatoms. The van der Waals surface area contributed by atoms with Crippen LogP contribution in [0.2, 0.25) is 5.02 Å². The highest BCUT2D eigenvalue weighted by molar-refractivity contribution is 6.33. The Balaban J connectivity index is 2.22. The van der Waals surface area contributed by atoms with E-state index in [0.29, 0.717) is 10.7 Å². The van der Waals surface area contributed by atoms with Crippen molar-refractivity contribution >= 4 is 17.3 Å². The molecule has 1 atom stereocenters. The number of benzene rings is 1. The van der Waals surface area contributed by atoms with Crippen molar-refractivity contribution < 1.29 is 4.39 Å². The number of hydrogen-bond donors (Lipinski definition) is 1. The largest absolute Gasteiger partial charge is 0.375 e. The number of halogens is 2. The van der Waals surface area contributed by atoms with Crippen molar-refractivity contribution in [1.82, 2.24) is 4.98 Å². The first kappa shape index (κ1) is 11.9. The summed E-state index contributed by atoms with van der Waals surface area (Å²) in [6.07, 6.45) is 3.44. The number of hydrogen-bond acceptors (Lipinski definition) is 2. The van der Waals surface area contributed by atoms with Crippen LogP contribution in [0.25, 0.3) is 0 Å². The maximum Gasteiger partial charge on any atom is 0.147 e. The SMILES string of the molecule is CC(Nc1c(F)cccc1Cl)c1cccnc1. The van der Waals surface area contributed by atoms with Gasteiger partial charge in [0.05, 0.1) is 16.8 Å². The zero-order valence-electron chi connectivity index (χ0n) is 9.32. The molecular weight excluding hydrogens is 239 g/mol. The average molecular weight is 251 g/mol. The normalized spacial score (nSPS) is 12.2. The summed E-state index contributed by atoms with van der Waals surface area (Å²) in [5.74, 6) is -0.353. The predicted molar refractivity (Wildman–Crippen MR) is 67.7 cm³/mol. The summed E-state index contributed by atoms with van der Waals surface area (Å²) in [7, 11) is 0. The fraction of sp³-hybridized carbons (Fsp3) is 0.154. The highest BCUT2D eigenvalue weighted by Crippen LogP contribution is 2.28. The molecule has 2 aromatic rings. The lowest BCUT2D eigenvalue weighted by atomic mass is 10.1. The van der Waals surface area contributed by atoms with E-state index in [1.807, 2.05) is 19.1 Å². The summed E-state index contributed by atoms with van der Waals surface area (Å²) in [5.41, 5.74) is 1.30. The first-order valence-electron chi connectivity index (χ1n) is 5.29. The van der Waals surface area contributed by atoms with Crippen LogP contribution in [0.4, 0.5) is 10.1 Å². The highest BCUT2D eigenvalue weighted by atomic mass is 35.5. The molecule has 1 aromatic heterocycles. The fourth-order valence-electron chi connectivity index (χ4n) is 1.57. The molecule has 2 nitrogen and oxygen atoms in total. The van der Waals surface area contributed by atoms with Gasteiger partial charge in [-0.2, -0.15) is 0 Å². The van der Waals surface area contributed by atoms with E-state index in [1.54, 1.807) is 24.5 Å². The van der Waals surface area contributed by atoms with E-state index < -0.39 is 0 Å².